The van der Waals surface area contributed by atoms with Gasteiger partial charge in [-0.25, -0.2) is 0 Å². The zero-order chi connectivity index (χ0) is 11.5. The Labute approximate surface area is 99.5 Å². The van der Waals surface area contributed by atoms with Crippen molar-refractivity contribution in [3.8, 4) is 0 Å². The number of nitrogens with zero attached hydrogens (tertiary/aromatic N) is 1. The highest BCUT2D eigenvalue weighted by Gasteiger charge is 2.32. The largest absolute Gasteiger partial charge is 0.302 e. The summed E-state index contributed by atoms with van der Waals surface area (Å²) in [6.07, 6.45) is 4.20. The van der Waals surface area contributed by atoms with Crippen molar-refractivity contribution >= 4 is 0 Å². The average Bonchev–Trinajstić information content (AvgIpc) is 2.66. The molecule has 1 aromatic carbocycles. The molecule has 0 radical (unpaired) electrons. The molecule has 1 aromatic rings. The van der Waals surface area contributed by atoms with Crippen LogP contribution in [0.3, 0.4) is 0 Å². The van der Waals surface area contributed by atoms with Crippen LogP contribution in [0.5, 0.6) is 0 Å². The molecule has 0 spiro atoms. The maximum absolute atomic E-state index is 2.41. The van der Waals surface area contributed by atoms with Crippen LogP contribution >= 0.6 is 0 Å². The molecule has 0 amide bonds. The Balaban J connectivity index is 2.24. The van der Waals surface area contributed by atoms with Gasteiger partial charge in [0.15, 0.2) is 0 Å². The van der Waals surface area contributed by atoms with Gasteiger partial charge < -0.3 is 4.90 Å². The highest BCUT2D eigenvalue weighted by molar-refractivity contribution is 5.20. The van der Waals surface area contributed by atoms with Crippen LogP contribution in [-0.4, -0.2) is 19.0 Å². The summed E-state index contributed by atoms with van der Waals surface area (Å²) in [7, 11) is 4.42. The fourth-order valence-corrected chi connectivity index (χ4v) is 3.22. The van der Waals surface area contributed by atoms with E-state index in [0.717, 1.165) is 11.8 Å². The second-order valence-corrected chi connectivity index (χ2v) is 5.39. The fourth-order valence-electron chi connectivity index (χ4n) is 3.22. The summed E-state index contributed by atoms with van der Waals surface area (Å²) in [5.41, 5.74) is 1.48. The van der Waals surface area contributed by atoms with E-state index in [1.54, 1.807) is 0 Å². The van der Waals surface area contributed by atoms with Crippen LogP contribution in [-0.2, 0) is 0 Å². The molecule has 3 atom stereocenters. The summed E-state index contributed by atoms with van der Waals surface area (Å²) in [6, 6.07) is 11.6. The molecule has 1 saturated carbocycles. The summed E-state index contributed by atoms with van der Waals surface area (Å²) in [6.45, 7) is 2.41. The normalized spacial score (nSPS) is 27.2. The van der Waals surface area contributed by atoms with Gasteiger partial charge in [-0.2, -0.15) is 0 Å². The van der Waals surface area contributed by atoms with Crippen molar-refractivity contribution in [1.29, 1.82) is 0 Å². The van der Waals surface area contributed by atoms with Crippen molar-refractivity contribution in [1.82, 2.24) is 4.90 Å². The molecule has 0 heterocycles. The molecular weight excluding hydrogens is 194 g/mol. The van der Waals surface area contributed by atoms with E-state index in [2.05, 4.69) is 56.3 Å². The highest BCUT2D eigenvalue weighted by Crippen LogP contribution is 2.42. The molecule has 0 bridgehead atoms. The van der Waals surface area contributed by atoms with Crippen LogP contribution < -0.4 is 0 Å². The van der Waals surface area contributed by atoms with Crippen molar-refractivity contribution in [3.63, 3.8) is 0 Å². The van der Waals surface area contributed by atoms with E-state index in [1.165, 1.54) is 24.8 Å². The molecule has 0 aromatic heterocycles. The highest BCUT2D eigenvalue weighted by atomic mass is 15.1. The minimum absolute atomic E-state index is 0.596. The Morgan fingerprint density at radius 2 is 1.81 bits per heavy atom. The van der Waals surface area contributed by atoms with Gasteiger partial charge in [0, 0.05) is 6.04 Å². The summed E-state index contributed by atoms with van der Waals surface area (Å²) < 4.78 is 0. The minimum Gasteiger partial charge on any atom is -0.302 e. The quantitative estimate of drug-likeness (QED) is 0.745. The smallest absolute Gasteiger partial charge is 0.0372 e. The van der Waals surface area contributed by atoms with E-state index in [-0.39, 0.29) is 0 Å². The Morgan fingerprint density at radius 1 is 1.12 bits per heavy atom. The summed E-state index contributed by atoms with van der Waals surface area (Å²) in [4.78, 5) is 2.39. The summed E-state index contributed by atoms with van der Waals surface area (Å²) >= 11 is 0. The van der Waals surface area contributed by atoms with Gasteiger partial charge in [-0.15, -0.1) is 0 Å². The topological polar surface area (TPSA) is 3.24 Å². The van der Waals surface area contributed by atoms with Crippen molar-refractivity contribution in [2.45, 2.75) is 32.2 Å². The molecular formula is C15H23N. The van der Waals surface area contributed by atoms with Crippen molar-refractivity contribution in [3.05, 3.63) is 35.9 Å². The number of hydrogen-bond acceptors (Lipinski definition) is 1. The molecule has 1 aliphatic carbocycles. The average molecular weight is 217 g/mol. The van der Waals surface area contributed by atoms with Crippen molar-refractivity contribution < 1.29 is 0 Å². The lowest BCUT2D eigenvalue weighted by molar-refractivity contribution is 0.182. The van der Waals surface area contributed by atoms with Gasteiger partial charge in [0.05, 0.1) is 0 Å². The third kappa shape index (κ3) is 2.30. The molecule has 16 heavy (non-hydrogen) atoms. The maximum atomic E-state index is 2.41. The number of hydrogen-bond donors (Lipinski definition) is 0. The molecule has 1 heteroatoms. The SMILES string of the molecule is CC1CCCC1C(c1ccccc1)N(C)C. The molecule has 0 N–H and O–H groups in total. The molecule has 1 fully saturated rings. The van der Waals surface area contributed by atoms with E-state index >= 15 is 0 Å². The Hall–Kier alpha value is -0.820. The Morgan fingerprint density at radius 3 is 2.31 bits per heavy atom. The van der Waals surface area contributed by atoms with Gasteiger partial charge in [0.2, 0.25) is 0 Å². The van der Waals surface area contributed by atoms with Crippen LogP contribution in [0.1, 0.15) is 37.8 Å². The first-order valence-corrected chi connectivity index (χ1v) is 6.41. The predicted octanol–water partition coefficient (Wildman–Crippen LogP) is 3.73. The second-order valence-electron chi connectivity index (χ2n) is 5.39. The third-order valence-electron chi connectivity index (χ3n) is 4.03. The van der Waals surface area contributed by atoms with Crippen LogP contribution in [0.4, 0.5) is 0 Å². The van der Waals surface area contributed by atoms with E-state index in [0.29, 0.717) is 6.04 Å². The van der Waals surface area contributed by atoms with E-state index in [9.17, 15) is 0 Å². The summed E-state index contributed by atoms with van der Waals surface area (Å²) in [5, 5.41) is 0. The third-order valence-corrected chi connectivity index (χ3v) is 4.03. The second kappa shape index (κ2) is 5.01. The molecule has 3 unspecified atom stereocenters. The molecule has 2 rings (SSSR count). The minimum atomic E-state index is 0.596. The van der Waals surface area contributed by atoms with E-state index in [4.69, 9.17) is 0 Å². The zero-order valence-corrected chi connectivity index (χ0v) is 10.7. The van der Waals surface area contributed by atoms with Crippen molar-refractivity contribution in [2.24, 2.45) is 11.8 Å². The van der Waals surface area contributed by atoms with Crippen molar-refractivity contribution in [2.75, 3.05) is 14.1 Å². The zero-order valence-electron chi connectivity index (χ0n) is 10.7. The number of rotatable bonds is 3. The van der Waals surface area contributed by atoms with Gasteiger partial charge in [-0.1, -0.05) is 50.1 Å². The van der Waals surface area contributed by atoms with Crippen LogP contribution in [0, 0.1) is 11.8 Å². The van der Waals surface area contributed by atoms with Gasteiger partial charge in [-0.05, 0) is 37.9 Å². The monoisotopic (exact) mass is 217 g/mol. The van der Waals surface area contributed by atoms with E-state index < -0.39 is 0 Å². The Bertz CT molecular complexity index is 317. The number of benzene rings is 1. The van der Waals surface area contributed by atoms with Gasteiger partial charge in [0.25, 0.3) is 0 Å². The Kier molecular flexibility index (Phi) is 3.65. The molecule has 0 saturated heterocycles. The first-order valence-electron chi connectivity index (χ1n) is 6.41. The van der Waals surface area contributed by atoms with Gasteiger partial charge in [0.1, 0.15) is 0 Å². The van der Waals surface area contributed by atoms with Gasteiger partial charge >= 0.3 is 0 Å². The van der Waals surface area contributed by atoms with Crippen LogP contribution in [0.25, 0.3) is 0 Å². The van der Waals surface area contributed by atoms with Crippen LogP contribution in [0.15, 0.2) is 30.3 Å². The standard InChI is InChI=1S/C15H23N/c1-12-8-7-11-14(12)15(16(2)3)13-9-5-4-6-10-13/h4-6,9-10,12,14-15H,7-8,11H2,1-3H3. The van der Waals surface area contributed by atoms with Crippen LogP contribution in [0.2, 0.25) is 0 Å². The molecule has 1 nitrogen and oxygen atoms in total. The maximum Gasteiger partial charge on any atom is 0.0372 e. The molecule has 1 aliphatic rings. The lowest BCUT2D eigenvalue weighted by Crippen LogP contribution is -2.28. The van der Waals surface area contributed by atoms with E-state index in [1.807, 2.05) is 0 Å². The fraction of sp³-hybridized carbons (Fsp3) is 0.600. The molecule has 0 aliphatic heterocycles. The lowest BCUT2D eigenvalue weighted by atomic mass is 9.85. The first-order chi connectivity index (χ1) is 7.70. The lowest BCUT2D eigenvalue weighted by Gasteiger charge is -2.33. The predicted molar refractivity (Wildman–Crippen MR) is 69.4 cm³/mol. The first kappa shape index (κ1) is 11.7. The molecule has 88 valence electrons. The van der Waals surface area contributed by atoms with Gasteiger partial charge in [-0.3, -0.25) is 0 Å². The summed E-state index contributed by atoms with van der Waals surface area (Å²) in [5.74, 6) is 1.70.